The monoisotopic (exact) mass is 739 g/mol. The van der Waals surface area contributed by atoms with Gasteiger partial charge in [-0.2, -0.15) is 0 Å². The molecule has 0 radical (unpaired) electrons. The highest BCUT2D eigenvalue weighted by molar-refractivity contribution is 6.19. The first kappa shape index (κ1) is 33.6. The molecule has 11 rings (SSSR count). The highest BCUT2D eigenvalue weighted by Crippen LogP contribution is 2.47. The van der Waals surface area contributed by atoms with Gasteiger partial charge < -0.3 is 9.32 Å². The minimum Gasteiger partial charge on any atom is -0.453 e. The van der Waals surface area contributed by atoms with Gasteiger partial charge in [0.05, 0.1) is 5.69 Å². The van der Waals surface area contributed by atoms with Gasteiger partial charge in [-0.05, 0) is 103 Å². The zero-order chi connectivity index (χ0) is 38.4. The Morgan fingerprint density at radius 3 is 1.57 bits per heavy atom. The molecule has 58 heavy (non-hydrogen) atoms. The number of fused-ring (bicyclic) bond motifs is 5. The molecule has 272 valence electrons. The van der Waals surface area contributed by atoms with E-state index in [9.17, 15) is 0 Å². The number of benzene rings is 10. The third-order valence-electron chi connectivity index (χ3n) is 11.5. The third kappa shape index (κ3) is 5.82. The topological polar surface area (TPSA) is 16.4 Å². The van der Waals surface area contributed by atoms with E-state index in [1.54, 1.807) is 0 Å². The van der Waals surface area contributed by atoms with Crippen molar-refractivity contribution < 1.29 is 4.42 Å². The lowest BCUT2D eigenvalue weighted by Crippen LogP contribution is -2.10. The fourth-order valence-electron chi connectivity index (χ4n) is 8.63. The molecule has 1 heterocycles. The lowest BCUT2D eigenvalue weighted by atomic mass is 9.94. The highest BCUT2D eigenvalue weighted by Gasteiger charge is 2.23. The van der Waals surface area contributed by atoms with Crippen LogP contribution in [0.5, 0.6) is 0 Å². The van der Waals surface area contributed by atoms with Crippen molar-refractivity contribution in [2.75, 3.05) is 4.90 Å². The summed E-state index contributed by atoms with van der Waals surface area (Å²) >= 11 is 0. The summed E-state index contributed by atoms with van der Waals surface area (Å²) in [7, 11) is 0. The molecule has 0 saturated heterocycles. The van der Waals surface area contributed by atoms with E-state index in [1.807, 2.05) is 0 Å². The first-order chi connectivity index (χ1) is 28.8. The van der Waals surface area contributed by atoms with Crippen LogP contribution in [0.3, 0.4) is 0 Å². The van der Waals surface area contributed by atoms with E-state index in [0.29, 0.717) is 0 Å². The van der Waals surface area contributed by atoms with E-state index >= 15 is 0 Å². The van der Waals surface area contributed by atoms with Crippen LogP contribution < -0.4 is 4.90 Å². The fourth-order valence-corrected chi connectivity index (χ4v) is 8.63. The van der Waals surface area contributed by atoms with Gasteiger partial charge in [0, 0.05) is 27.7 Å². The van der Waals surface area contributed by atoms with Crippen LogP contribution in [0.2, 0.25) is 0 Å². The second kappa shape index (κ2) is 14.1. The minimum absolute atomic E-state index is 0.842. The van der Waals surface area contributed by atoms with E-state index in [4.69, 9.17) is 4.42 Å². The van der Waals surface area contributed by atoms with E-state index < -0.39 is 0 Å². The maximum absolute atomic E-state index is 7.19. The molecule has 0 bridgehead atoms. The molecule has 0 N–H and O–H groups in total. The number of hydrogen-bond donors (Lipinski definition) is 0. The normalized spacial score (nSPS) is 11.4. The van der Waals surface area contributed by atoms with Crippen molar-refractivity contribution in [3.05, 3.63) is 224 Å². The molecule has 1 aromatic heterocycles. The van der Waals surface area contributed by atoms with Crippen LogP contribution in [-0.4, -0.2) is 0 Å². The zero-order valence-corrected chi connectivity index (χ0v) is 31.7. The largest absolute Gasteiger partial charge is 0.453 e. The Hall–Kier alpha value is -7.68. The van der Waals surface area contributed by atoms with E-state index in [2.05, 4.69) is 229 Å². The van der Waals surface area contributed by atoms with Crippen LogP contribution in [0.4, 0.5) is 17.1 Å². The predicted octanol–water partition coefficient (Wildman–Crippen LogP) is 16.0. The molecule has 0 spiro atoms. The second-order valence-corrected chi connectivity index (χ2v) is 14.9. The molecular formula is C56H37NO. The number of furan rings is 1. The van der Waals surface area contributed by atoms with Crippen LogP contribution in [0.15, 0.2) is 229 Å². The van der Waals surface area contributed by atoms with Gasteiger partial charge in [0.25, 0.3) is 0 Å². The van der Waals surface area contributed by atoms with Crippen molar-refractivity contribution in [2.24, 2.45) is 0 Å². The summed E-state index contributed by atoms with van der Waals surface area (Å²) in [6, 6.07) is 80.4. The second-order valence-electron chi connectivity index (χ2n) is 14.9. The summed E-state index contributed by atoms with van der Waals surface area (Å²) in [6.45, 7) is 0. The van der Waals surface area contributed by atoms with Crippen molar-refractivity contribution in [3.8, 4) is 44.5 Å². The lowest BCUT2D eigenvalue weighted by Gasteiger charge is -2.26. The Balaban J connectivity index is 1.11. The van der Waals surface area contributed by atoms with E-state index in [-0.39, 0.29) is 0 Å². The summed E-state index contributed by atoms with van der Waals surface area (Å²) in [5.74, 6) is 0. The van der Waals surface area contributed by atoms with Crippen LogP contribution in [0, 0.1) is 0 Å². The minimum atomic E-state index is 0.842. The summed E-state index contributed by atoms with van der Waals surface area (Å²) in [4.78, 5) is 2.34. The number of para-hydroxylation sites is 1. The van der Waals surface area contributed by atoms with E-state index in [0.717, 1.165) is 61.3 Å². The van der Waals surface area contributed by atoms with Crippen LogP contribution >= 0.6 is 0 Å². The van der Waals surface area contributed by atoms with Crippen LogP contribution in [-0.2, 0) is 0 Å². The van der Waals surface area contributed by atoms with Gasteiger partial charge in [-0.1, -0.05) is 182 Å². The van der Waals surface area contributed by atoms with Crippen LogP contribution in [0.25, 0.3) is 88.0 Å². The predicted molar refractivity (Wildman–Crippen MR) is 245 cm³/mol. The quantitative estimate of drug-likeness (QED) is 0.162. The standard InChI is InChI=1S/C56H37NO/c1-3-14-41(15-4-1)50-35-36-51(42-16-5-2-6-17-42)56-54(50)52-23-12-24-53(55(52)58-56)57(46-31-27-39(28-32-46)45-26-25-38-13-7-8-19-44(38)37-45)47-33-29-43(30-34-47)49-22-11-20-40-18-9-10-21-48(40)49/h1-37H. The first-order valence-corrected chi connectivity index (χ1v) is 19.8. The van der Waals surface area contributed by atoms with Gasteiger partial charge in [-0.25, -0.2) is 0 Å². The van der Waals surface area contributed by atoms with Gasteiger partial charge >= 0.3 is 0 Å². The Bertz CT molecular complexity index is 3250. The first-order valence-electron chi connectivity index (χ1n) is 19.8. The Kier molecular flexibility index (Phi) is 8.19. The van der Waals surface area contributed by atoms with E-state index in [1.165, 1.54) is 43.8 Å². The molecule has 0 aliphatic carbocycles. The molecule has 0 aliphatic heterocycles. The van der Waals surface area contributed by atoms with Gasteiger partial charge in [-0.3, -0.25) is 0 Å². The van der Waals surface area contributed by atoms with Crippen molar-refractivity contribution in [1.82, 2.24) is 0 Å². The number of anilines is 3. The average molecular weight is 740 g/mol. The smallest absolute Gasteiger partial charge is 0.159 e. The number of hydrogen-bond acceptors (Lipinski definition) is 2. The molecule has 0 aliphatic rings. The molecule has 11 aromatic rings. The zero-order valence-electron chi connectivity index (χ0n) is 31.7. The molecule has 0 atom stereocenters. The average Bonchev–Trinajstić information content (AvgIpc) is 3.70. The fraction of sp³-hybridized carbons (Fsp3) is 0. The summed E-state index contributed by atoms with van der Waals surface area (Å²) in [5, 5.41) is 7.15. The molecule has 0 unspecified atom stereocenters. The Morgan fingerprint density at radius 2 is 0.828 bits per heavy atom. The molecule has 2 heteroatoms. The van der Waals surface area contributed by atoms with Crippen LogP contribution in [0.1, 0.15) is 0 Å². The maximum Gasteiger partial charge on any atom is 0.159 e. The molecule has 2 nitrogen and oxygen atoms in total. The Morgan fingerprint density at radius 1 is 0.293 bits per heavy atom. The van der Waals surface area contributed by atoms with Crippen molar-refractivity contribution in [2.45, 2.75) is 0 Å². The molecular weight excluding hydrogens is 703 g/mol. The molecule has 0 saturated carbocycles. The molecule has 10 aromatic carbocycles. The highest BCUT2D eigenvalue weighted by atomic mass is 16.3. The summed E-state index contributed by atoms with van der Waals surface area (Å²) in [5.41, 5.74) is 14.0. The van der Waals surface area contributed by atoms with Gasteiger partial charge in [0.15, 0.2) is 5.58 Å². The SMILES string of the molecule is c1ccc(-c2ccc(-c3ccccc3)c3c2oc2c(N(c4ccc(-c5ccc6ccccc6c5)cc4)c4ccc(-c5cccc6ccccc56)cc4)cccc23)cc1. The Labute approximate surface area is 337 Å². The van der Waals surface area contributed by atoms with Crippen molar-refractivity contribution in [3.63, 3.8) is 0 Å². The number of rotatable bonds is 7. The van der Waals surface area contributed by atoms with Crippen molar-refractivity contribution >= 4 is 60.5 Å². The summed E-state index contributed by atoms with van der Waals surface area (Å²) < 4.78 is 7.19. The van der Waals surface area contributed by atoms with Gasteiger partial charge in [0.1, 0.15) is 5.58 Å². The molecule has 0 fully saturated rings. The van der Waals surface area contributed by atoms with Crippen molar-refractivity contribution in [1.29, 1.82) is 0 Å². The summed E-state index contributed by atoms with van der Waals surface area (Å²) in [6.07, 6.45) is 0. The molecule has 0 amide bonds. The lowest BCUT2D eigenvalue weighted by molar-refractivity contribution is 0.670. The van der Waals surface area contributed by atoms with Gasteiger partial charge in [0.2, 0.25) is 0 Å². The van der Waals surface area contributed by atoms with Gasteiger partial charge in [-0.15, -0.1) is 0 Å². The maximum atomic E-state index is 7.19. The third-order valence-corrected chi connectivity index (χ3v) is 11.5. The number of nitrogens with zero attached hydrogens (tertiary/aromatic N) is 1.